The van der Waals surface area contributed by atoms with Crippen molar-refractivity contribution in [3.8, 4) is 11.5 Å². The molecule has 4 rings (SSSR count). The minimum absolute atomic E-state index is 0. The maximum absolute atomic E-state index is 12.4. The van der Waals surface area contributed by atoms with Gasteiger partial charge in [0.2, 0.25) is 0 Å². The molecular formula is C29H27N4NaO3. The number of amides is 4. The Labute approximate surface area is 238 Å². The van der Waals surface area contributed by atoms with Gasteiger partial charge in [0.25, 0.3) is 0 Å². The molecule has 0 spiro atoms. The van der Waals surface area contributed by atoms with E-state index in [2.05, 4.69) is 21.3 Å². The first-order valence-electron chi connectivity index (χ1n) is 11.5. The van der Waals surface area contributed by atoms with Crippen molar-refractivity contribution in [2.24, 2.45) is 0 Å². The van der Waals surface area contributed by atoms with Gasteiger partial charge in [0.1, 0.15) is 11.5 Å². The van der Waals surface area contributed by atoms with E-state index in [1.54, 1.807) is 12.1 Å². The molecule has 0 saturated carbocycles. The zero-order valence-corrected chi connectivity index (χ0v) is 23.1. The number of carbonyl (C=O) groups excluding carboxylic acids is 2. The molecule has 0 heterocycles. The van der Waals surface area contributed by atoms with Crippen LogP contribution in [0.1, 0.15) is 16.7 Å². The SMILES string of the molecule is C[N-]C(=O)Nc1ccc(Cc2ccc(NC(=O)Nc3ccc(Oc4ccc(C)cc4)cc3)cc2)cc1.[Na+]. The fourth-order valence-corrected chi connectivity index (χ4v) is 3.47. The van der Waals surface area contributed by atoms with Gasteiger partial charge in [-0.3, -0.25) is 4.79 Å². The summed E-state index contributed by atoms with van der Waals surface area (Å²) in [6.45, 7) is 2.03. The van der Waals surface area contributed by atoms with Gasteiger partial charge >= 0.3 is 35.6 Å². The molecule has 0 radical (unpaired) electrons. The van der Waals surface area contributed by atoms with Crippen LogP contribution in [-0.4, -0.2) is 19.1 Å². The molecule has 0 aliphatic rings. The van der Waals surface area contributed by atoms with Crippen LogP contribution in [0.4, 0.5) is 26.7 Å². The Morgan fingerprint density at radius 1 is 0.649 bits per heavy atom. The molecule has 0 aromatic heterocycles. The topological polar surface area (TPSA) is 93.6 Å². The standard InChI is InChI=1S/C29H28N4O3.Na/c1-20-3-15-26(16-4-20)36-27-17-13-25(14-18-27)33-29(35)32-24-11-7-22(8-12-24)19-21-5-9-23(10-6-21)31-28(34)30-2;/h3-18H,19H2,1-2H3,(H4,30,31,32,33,34,35);/q;+1/p-1. The third kappa shape index (κ3) is 8.68. The molecule has 0 aliphatic carbocycles. The Morgan fingerprint density at radius 2 is 1.05 bits per heavy atom. The van der Waals surface area contributed by atoms with Gasteiger partial charge in [0.15, 0.2) is 6.03 Å². The minimum Gasteiger partial charge on any atom is -0.457 e. The monoisotopic (exact) mass is 502 g/mol. The van der Waals surface area contributed by atoms with Crippen LogP contribution in [0.15, 0.2) is 97.1 Å². The summed E-state index contributed by atoms with van der Waals surface area (Å²) in [6.07, 6.45) is 0.732. The molecule has 7 nitrogen and oxygen atoms in total. The van der Waals surface area contributed by atoms with Crippen LogP contribution in [0.2, 0.25) is 0 Å². The molecule has 3 N–H and O–H groups in total. The minimum atomic E-state index is -0.376. The van der Waals surface area contributed by atoms with Crippen molar-refractivity contribution < 1.29 is 43.9 Å². The number of urea groups is 2. The number of ether oxygens (including phenoxy) is 1. The van der Waals surface area contributed by atoms with Crippen molar-refractivity contribution >= 4 is 29.1 Å². The molecule has 4 aromatic carbocycles. The molecule has 4 amide bonds. The number of anilines is 3. The van der Waals surface area contributed by atoms with Crippen molar-refractivity contribution in [1.82, 2.24) is 0 Å². The summed E-state index contributed by atoms with van der Waals surface area (Å²) < 4.78 is 5.82. The largest absolute Gasteiger partial charge is 1.00 e. The average Bonchev–Trinajstić information content (AvgIpc) is 2.89. The molecular weight excluding hydrogens is 475 g/mol. The molecule has 182 valence electrons. The van der Waals surface area contributed by atoms with E-state index in [-0.39, 0.29) is 41.6 Å². The Balaban J connectivity index is 0.00000380. The first kappa shape index (κ1) is 27.8. The number of nitrogens with zero attached hydrogens (tertiary/aromatic N) is 1. The number of carbonyl (C=O) groups is 2. The molecule has 0 fully saturated rings. The van der Waals surface area contributed by atoms with Crippen LogP contribution < -0.4 is 50.2 Å². The fourth-order valence-electron chi connectivity index (χ4n) is 3.47. The smallest absolute Gasteiger partial charge is 0.457 e. The predicted octanol–water partition coefficient (Wildman–Crippen LogP) is 4.56. The van der Waals surface area contributed by atoms with E-state index in [0.29, 0.717) is 22.8 Å². The zero-order valence-electron chi connectivity index (χ0n) is 21.1. The summed E-state index contributed by atoms with van der Waals surface area (Å²) in [5.41, 5.74) is 5.43. The molecule has 0 saturated heterocycles. The molecule has 8 heteroatoms. The summed E-state index contributed by atoms with van der Waals surface area (Å²) in [7, 11) is 1.45. The van der Waals surface area contributed by atoms with Gasteiger partial charge in [-0.25, -0.2) is 4.79 Å². The van der Waals surface area contributed by atoms with E-state index >= 15 is 0 Å². The number of benzene rings is 4. The maximum atomic E-state index is 12.4. The molecule has 0 aliphatic heterocycles. The second-order valence-electron chi connectivity index (χ2n) is 8.24. The van der Waals surface area contributed by atoms with Crippen LogP contribution in [-0.2, 0) is 6.42 Å². The van der Waals surface area contributed by atoms with E-state index in [0.717, 1.165) is 23.3 Å². The molecule has 0 unspecified atom stereocenters. The van der Waals surface area contributed by atoms with Crippen LogP contribution in [0.25, 0.3) is 5.32 Å². The third-order valence-electron chi connectivity index (χ3n) is 5.40. The van der Waals surface area contributed by atoms with Gasteiger partial charge in [0, 0.05) is 11.4 Å². The Hall–Kier alpha value is -3.78. The van der Waals surface area contributed by atoms with Crippen molar-refractivity contribution in [3.05, 3.63) is 119 Å². The van der Waals surface area contributed by atoms with Crippen molar-refractivity contribution in [3.63, 3.8) is 0 Å². The molecule has 37 heavy (non-hydrogen) atoms. The fraction of sp³-hybridized carbons (Fsp3) is 0.103. The number of aryl methyl sites for hydroxylation is 1. The van der Waals surface area contributed by atoms with Gasteiger partial charge in [-0.05, 0) is 78.7 Å². The second-order valence-corrected chi connectivity index (χ2v) is 8.24. The van der Waals surface area contributed by atoms with Crippen LogP contribution in [0.3, 0.4) is 0 Å². The van der Waals surface area contributed by atoms with Crippen molar-refractivity contribution in [2.75, 3.05) is 23.0 Å². The summed E-state index contributed by atoms with van der Waals surface area (Å²) in [5, 5.41) is 11.9. The van der Waals surface area contributed by atoms with Gasteiger partial charge in [-0.15, -0.1) is 0 Å². The van der Waals surface area contributed by atoms with Gasteiger partial charge < -0.3 is 26.0 Å². The van der Waals surface area contributed by atoms with E-state index in [9.17, 15) is 9.59 Å². The normalized spacial score (nSPS) is 10.0. The van der Waals surface area contributed by atoms with Crippen molar-refractivity contribution in [2.45, 2.75) is 13.3 Å². The van der Waals surface area contributed by atoms with E-state index in [4.69, 9.17) is 4.74 Å². The number of nitrogens with one attached hydrogen (secondary N) is 3. The predicted molar refractivity (Wildman–Crippen MR) is 144 cm³/mol. The molecule has 0 bridgehead atoms. The first-order valence-corrected chi connectivity index (χ1v) is 11.5. The number of hydrogen-bond donors (Lipinski definition) is 3. The zero-order chi connectivity index (χ0) is 25.3. The van der Waals surface area contributed by atoms with Crippen LogP contribution >= 0.6 is 0 Å². The van der Waals surface area contributed by atoms with Crippen LogP contribution in [0, 0.1) is 6.92 Å². The first-order chi connectivity index (χ1) is 17.5. The van der Waals surface area contributed by atoms with Gasteiger partial charge in [0.05, 0.1) is 0 Å². The summed E-state index contributed by atoms with van der Waals surface area (Å²) >= 11 is 0. The van der Waals surface area contributed by atoms with E-state index in [1.165, 1.54) is 12.6 Å². The van der Waals surface area contributed by atoms with Crippen LogP contribution in [0.5, 0.6) is 11.5 Å². The molecule has 0 atom stereocenters. The van der Waals surface area contributed by atoms with Gasteiger partial charge in [-0.1, -0.05) is 61.1 Å². The summed E-state index contributed by atoms with van der Waals surface area (Å²) in [5.74, 6) is 1.45. The third-order valence-corrected chi connectivity index (χ3v) is 5.40. The Bertz CT molecular complexity index is 1310. The second kappa shape index (κ2) is 13.5. The van der Waals surface area contributed by atoms with E-state index < -0.39 is 0 Å². The quantitative estimate of drug-likeness (QED) is 0.324. The van der Waals surface area contributed by atoms with E-state index in [1.807, 2.05) is 91.9 Å². The summed E-state index contributed by atoms with van der Waals surface area (Å²) in [6, 6.07) is 29.6. The maximum Gasteiger partial charge on any atom is 1.00 e. The number of hydrogen-bond acceptors (Lipinski definition) is 3. The molecule has 4 aromatic rings. The van der Waals surface area contributed by atoms with Crippen molar-refractivity contribution in [1.29, 1.82) is 0 Å². The number of rotatable bonds is 7. The average molecular weight is 503 g/mol. The Morgan fingerprint density at radius 3 is 1.51 bits per heavy atom. The Kier molecular flexibility index (Phi) is 10.1. The van der Waals surface area contributed by atoms with Gasteiger partial charge in [-0.2, -0.15) is 0 Å². The summed E-state index contributed by atoms with van der Waals surface area (Å²) in [4.78, 5) is 23.7.